The predicted molar refractivity (Wildman–Crippen MR) is 94.2 cm³/mol. The molecule has 3 aromatic rings. The molecule has 9 heteroatoms. The molecule has 2 aromatic heterocycles. The van der Waals surface area contributed by atoms with Gasteiger partial charge in [0.15, 0.2) is 4.96 Å². The minimum absolute atomic E-state index is 0. The van der Waals surface area contributed by atoms with Gasteiger partial charge in [0.2, 0.25) is 5.96 Å². The molecule has 0 bridgehead atoms. The molecule has 0 unspecified atom stereocenters. The van der Waals surface area contributed by atoms with Gasteiger partial charge >= 0.3 is 0 Å². The van der Waals surface area contributed by atoms with E-state index in [4.69, 9.17) is 23.1 Å². The number of fused-ring (bicyclic) bond motifs is 1. The third kappa shape index (κ3) is 3.22. The average molecular weight is 355 g/mol. The van der Waals surface area contributed by atoms with Crippen molar-refractivity contribution in [3.05, 3.63) is 46.6 Å². The zero-order valence-corrected chi connectivity index (χ0v) is 13.6. The van der Waals surface area contributed by atoms with Crippen LogP contribution in [-0.2, 0) is 0 Å². The van der Waals surface area contributed by atoms with E-state index >= 15 is 0 Å². The fourth-order valence-electron chi connectivity index (χ4n) is 1.92. The highest BCUT2D eigenvalue weighted by atomic mass is 35.5. The number of halogens is 2. The Morgan fingerprint density at radius 3 is 2.68 bits per heavy atom. The first-order chi connectivity index (χ1) is 10.1. The summed E-state index contributed by atoms with van der Waals surface area (Å²) < 4.78 is 2.51. The Hall–Kier alpha value is -2.09. The van der Waals surface area contributed by atoms with Gasteiger partial charge in [-0.15, -0.1) is 17.5 Å². The molecule has 0 fully saturated rings. The Balaban J connectivity index is 0.00000176. The highest BCUT2D eigenvalue weighted by Gasteiger charge is 2.14. The highest BCUT2D eigenvalue weighted by Crippen LogP contribution is 2.29. The number of hydrogen-bond acceptors (Lipinski definition) is 4. The van der Waals surface area contributed by atoms with E-state index in [1.54, 1.807) is 12.4 Å². The molecule has 0 aliphatic rings. The summed E-state index contributed by atoms with van der Waals surface area (Å²) in [6.07, 6.45) is 3.35. The van der Waals surface area contributed by atoms with Gasteiger partial charge in [-0.1, -0.05) is 53.3 Å². The first-order valence-electron chi connectivity index (χ1n) is 6.00. The number of benzene rings is 1. The molecule has 1 aromatic carbocycles. The average Bonchev–Trinajstić information content (AvgIpc) is 2.97. The maximum Gasteiger partial charge on any atom is 0.211 e. The predicted octanol–water partition coefficient (Wildman–Crippen LogP) is 2.75. The Morgan fingerprint density at radius 1 is 1.27 bits per heavy atom. The zero-order chi connectivity index (χ0) is 14.8. The topological polar surface area (TPSA) is 94.1 Å². The molecule has 0 amide bonds. The number of rotatable bonds is 3. The normalized spacial score (nSPS) is 10.8. The molecule has 0 spiro atoms. The van der Waals surface area contributed by atoms with E-state index in [0.29, 0.717) is 4.34 Å². The Kier molecular flexibility index (Phi) is 5.02. The van der Waals surface area contributed by atoms with Crippen LogP contribution in [0.3, 0.4) is 0 Å². The Morgan fingerprint density at radius 2 is 2.00 bits per heavy atom. The van der Waals surface area contributed by atoms with E-state index in [-0.39, 0.29) is 18.4 Å². The molecule has 0 aliphatic heterocycles. The minimum Gasteiger partial charge on any atom is -0.369 e. The van der Waals surface area contributed by atoms with Gasteiger partial charge in [0.1, 0.15) is 4.34 Å². The van der Waals surface area contributed by atoms with Crippen molar-refractivity contribution in [3.8, 4) is 11.3 Å². The van der Waals surface area contributed by atoms with Gasteiger partial charge in [0, 0.05) is 11.8 Å². The number of nitrogens with two attached hydrogens (primary N) is 2. The van der Waals surface area contributed by atoms with Gasteiger partial charge in [-0.25, -0.2) is 4.98 Å². The van der Waals surface area contributed by atoms with Crippen LogP contribution in [0, 0.1) is 0 Å². The zero-order valence-electron chi connectivity index (χ0n) is 11.2. The fraction of sp³-hybridized carbons (Fsp3) is 0. The van der Waals surface area contributed by atoms with Gasteiger partial charge < -0.3 is 11.5 Å². The lowest BCUT2D eigenvalue weighted by atomic mass is 10.1. The number of imidazole rings is 1. The molecule has 0 atom stereocenters. The van der Waals surface area contributed by atoms with Gasteiger partial charge in [0.05, 0.1) is 17.6 Å². The van der Waals surface area contributed by atoms with E-state index < -0.39 is 0 Å². The third-order valence-electron chi connectivity index (χ3n) is 2.74. The van der Waals surface area contributed by atoms with Crippen LogP contribution in [0.15, 0.2) is 46.7 Å². The van der Waals surface area contributed by atoms with Crippen LogP contribution < -0.4 is 11.5 Å². The number of nitrogens with zero attached hydrogens (tertiary/aromatic N) is 4. The number of thiazole rings is 1. The first kappa shape index (κ1) is 16.3. The van der Waals surface area contributed by atoms with Gasteiger partial charge in [-0.2, -0.15) is 5.10 Å². The summed E-state index contributed by atoms with van der Waals surface area (Å²) in [7, 11) is 0. The van der Waals surface area contributed by atoms with Crippen molar-refractivity contribution < 1.29 is 0 Å². The van der Waals surface area contributed by atoms with Gasteiger partial charge in [-0.3, -0.25) is 4.40 Å². The van der Waals surface area contributed by atoms with Crippen LogP contribution in [0.1, 0.15) is 5.69 Å². The number of aromatic nitrogens is 2. The lowest BCUT2D eigenvalue weighted by Crippen LogP contribution is -2.21. The van der Waals surface area contributed by atoms with Crippen LogP contribution in [0.5, 0.6) is 0 Å². The van der Waals surface area contributed by atoms with E-state index in [1.165, 1.54) is 11.3 Å². The van der Waals surface area contributed by atoms with Gasteiger partial charge in [-0.05, 0) is 0 Å². The molecule has 0 saturated carbocycles. The van der Waals surface area contributed by atoms with Crippen molar-refractivity contribution in [2.24, 2.45) is 21.7 Å². The van der Waals surface area contributed by atoms with E-state index in [9.17, 15) is 0 Å². The van der Waals surface area contributed by atoms with Crippen LogP contribution in [0.25, 0.3) is 16.2 Å². The van der Waals surface area contributed by atoms with Crippen molar-refractivity contribution in [1.82, 2.24) is 9.38 Å². The summed E-state index contributed by atoms with van der Waals surface area (Å²) in [6.45, 7) is 0. The van der Waals surface area contributed by atoms with Gasteiger partial charge in [0.25, 0.3) is 0 Å². The van der Waals surface area contributed by atoms with Crippen molar-refractivity contribution in [2.75, 3.05) is 0 Å². The standard InChI is InChI=1S/C13H11ClN6S.ClH/c14-10-7-20-9(6-17-19-12(15)16)11(18-13(20)21-10)8-4-2-1-3-5-8;/h1-7H,(H4,15,16,19);1H/b17-6+;. The van der Waals surface area contributed by atoms with Crippen LogP contribution in [0.4, 0.5) is 0 Å². The quantitative estimate of drug-likeness (QED) is 0.430. The first-order valence-corrected chi connectivity index (χ1v) is 7.19. The summed E-state index contributed by atoms with van der Waals surface area (Å²) in [6, 6.07) is 9.81. The maximum absolute atomic E-state index is 6.02. The number of guanidine groups is 1. The molecule has 4 N–H and O–H groups in total. The summed E-state index contributed by atoms with van der Waals surface area (Å²) >= 11 is 7.42. The molecule has 6 nitrogen and oxygen atoms in total. The van der Waals surface area contributed by atoms with Crippen LogP contribution >= 0.6 is 35.3 Å². The minimum atomic E-state index is -0.100. The van der Waals surface area contributed by atoms with E-state index in [2.05, 4.69) is 15.2 Å². The van der Waals surface area contributed by atoms with Crippen LogP contribution in [-0.4, -0.2) is 21.6 Å². The Bertz CT molecular complexity index is 833. The molecular formula is C13H12Cl2N6S. The molecule has 114 valence electrons. The fourth-order valence-corrected chi connectivity index (χ4v) is 2.94. The molecule has 22 heavy (non-hydrogen) atoms. The van der Waals surface area contributed by atoms with E-state index in [0.717, 1.165) is 21.9 Å². The molecule has 3 rings (SSSR count). The molecule has 2 heterocycles. The smallest absolute Gasteiger partial charge is 0.211 e. The van der Waals surface area contributed by atoms with Crippen molar-refractivity contribution in [1.29, 1.82) is 0 Å². The summed E-state index contributed by atoms with van der Waals surface area (Å²) in [5.41, 5.74) is 13.1. The maximum atomic E-state index is 6.02. The van der Waals surface area contributed by atoms with Crippen molar-refractivity contribution >= 4 is 52.5 Å². The van der Waals surface area contributed by atoms with Crippen molar-refractivity contribution in [2.45, 2.75) is 0 Å². The SMILES string of the molecule is Cl.NC(N)=N/N=C/c1c(-c2ccccc2)nc2sc(Cl)cn12. The number of hydrogen-bond donors (Lipinski definition) is 2. The largest absolute Gasteiger partial charge is 0.369 e. The van der Waals surface area contributed by atoms with Crippen LogP contribution in [0.2, 0.25) is 4.34 Å². The lowest BCUT2D eigenvalue weighted by molar-refractivity contribution is 1.18. The van der Waals surface area contributed by atoms with E-state index in [1.807, 2.05) is 34.7 Å². The second kappa shape index (κ2) is 6.78. The summed E-state index contributed by atoms with van der Waals surface area (Å²) in [5.74, 6) is -0.100. The van der Waals surface area contributed by atoms with Crippen molar-refractivity contribution in [3.63, 3.8) is 0 Å². The molecular weight excluding hydrogens is 343 g/mol. The highest BCUT2D eigenvalue weighted by molar-refractivity contribution is 7.20. The second-order valence-electron chi connectivity index (χ2n) is 4.17. The molecule has 0 aliphatic carbocycles. The Labute approximate surface area is 141 Å². The lowest BCUT2D eigenvalue weighted by Gasteiger charge is -1.98. The monoisotopic (exact) mass is 354 g/mol. The molecule has 0 radical (unpaired) electrons. The second-order valence-corrected chi connectivity index (χ2v) is 5.81. The third-order valence-corrected chi connectivity index (χ3v) is 3.84. The summed E-state index contributed by atoms with van der Waals surface area (Å²) in [4.78, 5) is 5.38. The molecule has 0 saturated heterocycles. The summed E-state index contributed by atoms with van der Waals surface area (Å²) in [5, 5.41) is 7.49.